The molecular weight excluding hydrogens is 444 g/mol. The predicted molar refractivity (Wildman–Crippen MR) is 123 cm³/mol. The van der Waals surface area contributed by atoms with Crippen LogP contribution < -0.4 is 0 Å². The van der Waals surface area contributed by atoms with Crippen molar-refractivity contribution < 1.29 is 13.2 Å². The minimum atomic E-state index is -3.91. The molecule has 1 aromatic heterocycles. The number of aryl methyl sites for hydroxylation is 3. The Kier molecular flexibility index (Phi) is 5.10. The Labute approximate surface area is 193 Å². The third-order valence-electron chi connectivity index (χ3n) is 6.67. The fourth-order valence-electron chi connectivity index (χ4n) is 5.08. The van der Waals surface area contributed by atoms with Gasteiger partial charge in [0.25, 0.3) is 10.0 Å². The number of fused-ring (bicyclic) bond motifs is 4. The van der Waals surface area contributed by atoms with E-state index in [4.69, 9.17) is 16.6 Å². The largest absolute Gasteiger partial charge is 0.274 e. The number of pyridine rings is 1. The molecule has 1 fully saturated rings. The zero-order chi connectivity index (χ0) is 22.5. The number of amides is 1. The van der Waals surface area contributed by atoms with Gasteiger partial charge in [-0.05, 0) is 73.2 Å². The van der Waals surface area contributed by atoms with Crippen molar-refractivity contribution in [3.05, 3.63) is 93.8 Å². The van der Waals surface area contributed by atoms with Gasteiger partial charge in [0.1, 0.15) is 0 Å². The first-order chi connectivity index (χ1) is 15.3. The summed E-state index contributed by atoms with van der Waals surface area (Å²) >= 11 is 6.29. The fourth-order valence-corrected chi connectivity index (χ4v) is 6.67. The molecule has 2 aliphatic rings. The van der Waals surface area contributed by atoms with Gasteiger partial charge >= 0.3 is 0 Å². The van der Waals surface area contributed by atoms with Crippen LogP contribution in [0.25, 0.3) is 0 Å². The van der Waals surface area contributed by atoms with Crippen molar-refractivity contribution >= 4 is 27.5 Å². The maximum absolute atomic E-state index is 13.4. The summed E-state index contributed by atoms with van der Waals surface area (Å²) in [7, 11) is -3.91. The highest BCUT2D eigenvalue weighted by atomic mass is 35.5. The minimum absolute atomic E-state index is 0.0523. The van der Waals surface area contributed by atoms with Gasteiger partial charge in [0.15, 0.2) is 0 Å². The number of benzene rings is 2. The lowest BCUT2D eigenvalue weighted by atomic mass is 9.69. The standard InChI is InChI=1S/C25H23ClN2O3S/c1-17-4-9-21(10-5-17)32(30,31)28-14-12-25(16-23(28)29)22-11-8-20(26)15-19(22)7-6-18-3-2-13-27-24(18)25/h2-5,8-11,13,15H,6-7,12,14,16H2,1H3. The number of piperidine rings is 1. The summed E-state index contributed by atoms with van der Waals surface area (Å²) in [6.45, 7) is 2.00. The van der Waals surface area contributed by atoms with Crippen LogP contribution in [0.5, 0.6) is 0 Å². The third kappa shape index (κ3) is 3.33. The summed E-state index contributed by atoms with van der Waals surface area (Å²) in [6.07, 6.45) is 3.88. The number of carbonyl (C=O) groups excluding carboxylic acids is 1. The predicted octanol–water partition coefficient (Wildman–Crippen LogP) is 4.44. The van der Waals surface area contributed by atoms with Crippen molar-refractivity contribution in [3.8, 4) is 0 Å². The third-order valence-corrected chi connectivity index (χ3v) is 8.74. The number of halogens is 1. The molecular formula is C25H23ClN2O3S. The zero-order valence-corrected chi connectivity index (χ0v) is 19.3. The van der Waals surface area contributed by atoms with Gasteiger partial charge in [-0.3, -0.25) is 9.78 Å². The summed E-state index contributed by atoms with van der Waals surface area (Å²) in [5.41, 5.74) is 4.40. The van der Waals surface area contributed by atoms with E-state index < -0.39 is 21.3 Å². The number of hydrogen-bond donors (Lipinski definition) is 0. The lowest BCUT2D eigenvalue weighted by Gasteiger charge is -2.41. The molecule has 1 atom stereocenters. The highest BCUT2D eigenvalue weighted by Gasteiger charge is 2.48. The molecule has 1 saturated heterocycles. The molecule has 0 radical (unpaired) electrons. The Morgan fingerprint density at radius 1 is 1.03 bits per heavy atom. The summed E-state index contributed by atoms with van der Waals surface area (Å²) < 4.78 is 27.5. The molecule has 5 rings (SSSR count). The van der Waals surface area contributed by atoms with E-state index in [9.17, 15) is 13.2 Å². The molecule has 3 aromatic rings. The molecule has 0 saturated carbocycles. The molecule has 164 valence electrons. The topological polar surface area (TPSA) is 67.3 Å². The summed E-state index contributed by atoms with van der Waals surface area (Å²) in [4.78, 5) is 18.3. The zero-order valence-electron chi connectivity index (χ0n) is 17.7. The maximum Gasteiger partial charge on any atom is 0.266 e. The van der Waals surface area contributed by atoms with E-state index in [1.54, 1.807) is 30.5 Å². The Bertz CT molecular complexity index is 1320. The van der Waals surface area contributed by atoms with Crippen molar-refractivity contribution in [1.29, 1.82) is 0 Å². The van der Waals surface area contributed by atoms with E-state index >= 15 is 0 Å². The van der Waals surface area contributed by atoms with Gasteiger partial charge in [0.2, 0.25) is 5.91 Å². The average molecular weight is 467 g/mol. The van der Waals surface area contributed by atoms with Gasteiger partial charge < -0.3 is 0 Å². The first kappa shape index (κ1) is 21.2. The van der Waals surface area contributed by atoms with E-state index in [1.807, 2.05) is 31.2 Å². The summed E-state index contributed by atoms with van der Waals surface area (Å²) in [5, 5.41) is 0.656. The Hall–Kier alpha value is -2.70. The van der Waals surface area contributed by atoms with Crippen LogP contribution in [0.3, 0.4) is 0 Å². The van der Waals surface area contributed by atoms with Crippen LogP contribution in [0.2, 0.25) is 5.02 Å². The van der Waals surface area contributed by atoms with Gasteiger partial charge in [0, 0.05) is 29.6 Å². The number of carbonyl (C=O) groups is 1. The van der Waals surface area contributed by atoms with Crippen LogP contribution in [0.1, 0.15) is 40.8 Å². The van der Waals surface area contributed by atoms with Crippen molar-refractivity contribution in [1.82, 2.24) is 9.29 Å². The summed E-state index contributed by atoms with van der Waals surface area (Å²) in [6, 6.07) is 16.4. The molecule has 0 N–H and O–H groups in total. The second-order valence-corrected chi connectivity index (χ2v) is 10.9. The first-order valence-corrected chi connectivity index (χ1v) is 12.5. The molecule has 0 bridgehead atoms. The van der Waals surface area contributed by atoms with Gasteiger partial charge in [0.05, 0.1) is 10.6 Å². The molecule has 2 aromatic carbocycles. The Balaban J connectivity index is 1.59. The van der Waals surface area contributed by atoms with Crippen LogP contribution in [-0.4, -0.2) is 30.2 Å². The van der Waals surface area contributed by atoms with E-state index in [-0.39, 0.29) is 17.9 Å². The van der Waals surface area contributed by atoms with Crippen LogP contribution in [0.4, 0.5) is 0 Å². The Morgan fingerprint density at radius 3 is 2.53 bits per heavy atom. The molecule has 1 aliphatic heterocycles. The van der Waals surface area contributed by atoms with Crippen LogP contribution in [0.15, 0.2) is 65.7 Å². The van der Waals surface area contributed by atoms with Crippen LogP contribution in [-0.2, 0) is 33.1 Å². The van der Waals surface area contributed by atoms with Gasteiger partial charge in [-0.1, -0.05) is 41.4 Å². The smallest absolute Gasteiger partial charge is 0.266 e. The minimum Gasteiger partial charge on any atom is -0.274 e. The maximum atomic E-state index is 13.4. The highest BCUT2D eigenvalue weighted by molar-refractivity contribution is 7.89. The van der Waals surface area contributed by atoms with Crippen LogP contribution >= 0.6 is 11.6 Å². The van der Waals surface area contributed by atoms with E-state index in [0.29, 0.717) is 11.4 Å². The lowest BCUT2D eigenvalue weighted by Crippen LogP contribution is -2.49. The monoisotopic (exact) mass is 466 g/mol. The molecule has 5 nitrogen and oxygen atoms in total. The lowest BCUT2D eigenvalue weighted by molar-refractivity contribution is -0.129. The highest BCUT2D eigenvalue weighted by Crippen LogP contribution is 2.47. The van der Waals surface area contributed by atoms with Gasteiger partial charge in [-0.2, -0.15) is 0 Å². The number of nitrogens with zero attached hydrogens (tertiary/aromatic N) is 2. The molecule has 1 amide bonds. The second kappa shape index (κ2) is 7.71. The molecule has 2 heterocycles. The number of hydrogen-bond acceptors (Lipinski definition) is 4. The molecule has 1 unspecified atom stereocenters. The summed E-state index contributed by atoms with van der Waals surface area (Å²) in [5.74, 6) is -0.406. The van der Waals surface area contributed by atoms with Gasteiger partial charge in [-0.25, -0.2) is 12.7 Å². The quantitative estimate of drug-likeness (QED) is 0.560. The van der Waals surface area contributed by atoms with Crippen molar-refractivity contribution in [2.75, 3.05) is 6.54 Å². The fraction of sp³-hybridized carbons (Fsp3) is 0.280. The number of sulfonamides is 1. The molecule has 32 heavy (non-hydrogen) atoms. The van der Waals surface area contributed by atoms with Crippen LogP contribution in [0, 0.1) is 6.92 Å². The van der Waals surface area contributed by atoms with E-state index in [0.717, 1.165) is 45.1 Å². The van der Waals surface area contributed by atoms with E-state index in [1.165, 1.54) is 0 Å². The Morgan fingerprint density at radius 2 is 1.78 bits per heavy atom. The first-order valence-electron chi connectivity index (χ1n) is 10.7. The molecule has 1 aliphatic carbocycles. The number of aromatic nitrogens is 1. The van der Waals surface area contributed by atoms with E-state index in [2.05, 4.69) is 6.07 Å². The second-order valence-electron chi connectivity index (χ2n) is 8.61. The molecule has 7 heteroatoms. The van der Waals surface area contributed by atoms with Crippen molar-refractivity contribution in [2.24, 2.45) is 0 Å². The SMILES string of the molecule is Cc1ccc(S(=O)(=O)N2CCC3(CC2=O)c2ccc(Cl)cc2CCc2cccnc23)cc1. The molecule has 1 spiro atoms. The van der Waals surface area contributed by atoms with Gasteiger partial charge in [-0.15, -0.1) is 0 Å². The average Bonchev–Trinajstić information content (AvgIpc) is 2.89. The number of rotatable bonds is 2. The normalized spacial score (nSPS) is 20.6. The van der Waals surface area contributed by atoms with Crippen molar-refractivity contribution in [3.63, 3.8) is 0 Å². The van der Waals surface area contributed by atoms with Crippen molar-refractivity contribution in [2.45, 2.75) is 42.9 Å².